The fourth-order valence-electron chi connectivity index (χ4n) is 0.818. The monoisotopic (exact) mass is 188 g/mol. The van der Waals surface area contributed by atoms with E-state index in [0.717, 1.165) is 0 Å². The minimum Gasteiger partial charge on any atom is -0.506 e. The maximum absolute atomic E-state index is 12.6. The van der Waals surface area contributed by atoms with Crippen molar-refractivity contribution < 1.29 is 18.3 Å². The Morgan fingerprint density at radius 2 is 2.15 bits per heavy atom. The first-order chi connectivity index (χ1) is 6.07. The van der Waals surface area contributed by atoms with Gasteiger partial charge in [-0.1, -0.05) is 0 Å². The molecule has 1 aromatic heterocycles. The number of aromatic nitrogens is 1. The Morgan fingerprint density at radius 1 is 1.54 bits per heavy atom. The zero-order valence-corrected chi connectivity index (χ0v) is 6.13. The molecule has 0 saturated carbocycles. The second kappa shape index (κ2) is 3.31. The number of halogens is 3. The molecular weight excluding hydrogens is 185 g/mol. The molecule has 3 nitrogen and oxygen atoms in total. The fourth-order valence-corrected chi connectivity index (χ4v) is 0.818. The van der Waals surface area contributed by atoms with E-state index in [1.165, 1.54) is 6.07 Å². The lowest BCUT2D eigenvalue weighted by Crippen LogP contribution is -1.97. The average molecular weight is 188 g/mol. The number of hydrogen-bond acceptors (Lipinski definition) is 3. The van der Waals surface area contributed by atoms with Crippen LogP contribution in [0.2, 0.25) is 0 Å². The first-order valence-corrected chi connectivity index (χ1v) is 3.13. The van der Waals surface area contributed by atoms with Crippen molar-refractivity contribution in [1.82, 2.24) is 4.98 Å². The van der Waals surface area contributed by atoms with Gasteiger partial charge in [0.15, 0.2) is 0 Å². The Balaban J connectivity index is 3.46. The van der Waals surface area contributed by atoms with Gasteiger partial charge in [-0.15, -0.1) is 0 Å². The Bertz CT molecular complexity index is 373. The Labute approximate surface area is 71.1 Å². The van der Waals surface area contributed by atoms with E-state index in [1.807, 2.05) is 0 Å². The van der Waals surface area contributed by atoms with Gasteiger partial charge < -0.3 is 5.11 Å². The Hall–Kier alpha value is -1.77. The van der Waals surface area contributed by atoms with Crippen LogP contribution in [0.1, 0.15) is 17.6 Å². The van der Waals surface area contributed by atoms with Crippen LogP contribution in [0, 0.1) is 17.3 Å². The zero-order valence-electron chi connectivity index (χ0n) is 6.13. The maximum Gasteiger partial charge on any atom is 0.268 e. The number of alkyl halides is 2. The summed E-state index contributed by atoms with van der Waals surface area (Å²) in [6, 6.07) is 1.21. The summed E-state index contributed by atoms with van der Waals surface area (Å²) in [5, 5.41) is 17.2. The molecule has 0 amide bonds. The van der Waals surface area contributed by atoms with Gasteiger partial charge in [-0.05, 0) is 0 Å². The van der Waals surface area contributed by atoms with Crippen LogP contribution in [0.4, 0.5) is 13.2 Å². The highest BCUT2D eigenvalue weighted by Gasteiger charge is 2.21. The summed E-state index contributed by atoms with van der Waals surface area (Å²) in [6.45, 7) is 0. The van der Waals surface area contributed by atoms with Crippen LogP contribution in [-0.4, -0.2) is 10.1 Å². The quantitative estimate of drug-likeness (QED) is 0.683. The van der Waals surface area contributed by atoms with Gasteiger partial charge in [-0.25, -0.2) is 13.8 Å². The third-order valence-corrected chi connectivity index (χ3v) is 1.38. The van der Waals surface area contributed by atoms with Crippen molar-refractivity contribution in [3.05, 3.63) is 23.3 Å². The summed E-state index contributed by atoms with van der Waals surface area (Å²) in [7, 11) is 0. The molecule has 0 aromatic carbocycles. The molecular formula is C7H3F3N2O. The fraction of sp³-hybridized carbons (Fsp3) is 0.143. The summed E-state index contributed by atoms with van der Waals surface area (Å²) in [5.41, 5.74) is -1.94. The molecule has 1 heterocycles. The van der Waals surface area contributed by atoms with E-state index >= 15 is 0 Å². The van der Waals surface area contributed by atoms with E-state index in [-0.39, 0.29) is 0 Å². The number of hydrogen-bond donors (Lipinski definition) is 1. The molecule has 0 bridgehead atoms. The standard InChI is InChI=1S/C7H3F3N2O/c8-6(9)5-3(1-11)7(10)12-2-4(5)13/h2,6,13H. The van der Waals surface area contributed by atoms with Gasteiger partial charge in [-0.2, -0.15) is 9.65 Å². The molecule has 0 fully saturated rings. The Kier molecular flexibility index (Phi) is 2.37. The SMILES string of the molecule is N#Cc1c(F)ncc(O)c1C(F)F. The van der Waals surface area contributed by atoms with Crippen molar-refractivity contribution in [2.75, 3.05) is 0 Å². The average Bonchev–Trinajstić information content (AvgIpc) is 2.07. The summed E-state index contributed by atoms with van der Waals surface area (Å²) in [6.07, 6.45) is -2.57. The number of nitriles is 1. The molecule has 0 atom stereocenters. The van der Waals surface area contributed by atoms with Crippen molar-refractivity contribution in [3.8, 4) is 11.8 Å². The van der Waals surface area contributed by atoms with Crippen LogP contribution < -0.4 is 0 Å². The molecule has 1 N–H and O–H groups in total. The molecule has 1 rings (SSSR count). The van der Waals surface area contributed by atoms with Gasteiger partial charge in [0.2, 0.25) is 5.95 Å². The first kappa shape index (κ1) is 9.32. The second-order valence-corrected chi connectivity index (χ2v) is 2.14. The number of pyridine rings is 1. The lowest BCUT2D eigenvalue weighted by Gasteiger charge is -2.04. The molecule has 0 saturated heterocycles. The van der Waals surface area contributed by atoms with Crippen LogP contribution in [0.3, 0.4) is 0 Å². The zero-order chi connectivity index (χ0) is 10.0. The first-order valence-electron chi connectivity index (χ1n) is 3.13. The van der Waals surface area contributed by atoms with E-state index < -0.39 is 29.2 Å². The highest BCUT2D eigenvalue weighted by Crippen LogP contribution is 2.31. The number of aromatic hydroxyl groups is 1. The van der Waals surface area contributed by atoms with Crippen molar-refractivity contribution in [1.29, 1.82) is 5.26 Å². The summed E-state index contributed by atoms with van der Waals surface area (Å²) in [5.74, 6) is -2.19. The van der Waals surface area contributed by atoms with Crippen LogP contribution >= 0.6 is 0 Å². The number of nitrogens with zero attached hydrogens (tertiary/aromatic N) is 2. The third-order valence-electron chi connectivity index (χ3n) is 1.38. The largest absolute Gasteiger partial charge is 0.506 e. The van der Waals surface area contributed by atoms with Gasteiger partial charge in [0, 0.05) is 0 Å². The maximum atomic E-state index is 12.6. The minimum absolute atomic E-state index is 0.539. The van der Waals surface area contributed by atoms with E-state index in [9.17, 15) is 13.2 Å². The van der Waals surface area contributed by atoms with Crippen molar-refractivity contribution in [2.45, 2.75) is 6.43 Å². The molecule has 1 aromatic rings. The van der Waals surface area contributed by atoms with Gasteiger partial charge in [0.1, 0.15) is 17.4 Å². The van der Waals surface area contributed by atoms with Crippen LogP contribution in [0.5, 0.6) is 5.75 Å². The third kappa shape index (κ3) is 1.54. The van der Waals surface area contributed by atoms with Crippen molar-refractivity contribution in [3.63, 3.8) is 0 Å². The van der Waals surface area contributed by atoms with E-state index in [0.29, 0.717) is 6.20 Å². The second-order valence-electron chi connectivity index (χ2n) is 2.14. The summed E-state index contributed by atoms with van der Waals surface area (Å²) >= 11 is 0. The Morgan fingerprint density at radius 3 is 2.54 bits per heavy atom. The summed E-state index contributed by atoms with van der Waals surface area (Å²) in [4.78, 5) is 2.92. The van der Waals surface area contributed by atoms with E-state index in [1.54, 1.807) is 0 Å². The molecule has 0 aliphatic heterocycles. The van der Waals surface area contributed by atoms with Crippen LogP contribution in [-0.2, 0) is 0 Å². The van der Waals surface area contributed by atoms with Gasteiger partial charge in [0.25, 0.3) is 6.43 Å². The van der Waals surface area contributed by atoms with Gasteiger partial charge in [0.05, 0.1) is 11.8 Å². The topological polar surface area (TPSA) is 56.9 Å². The predicted molar refractivity (Wildman–Crippen MR) is 35.5 cm³/mol. The van der Waals surface area contributed by atoms with Gasteiger partial charge >= 0.3 is 0 Å². The lowest BCUT2D eigenvalue weighted by molar-refractivity contribution is 0.146. The minimum atomic E-state index is -3.10. The predicted octanol–water partition coefficient (Wildman–Crippen LogP) is 1.74. The normalized spacial score (nSPS) is 10.1. The molecule has 0 spiro atoms. The molecule has 0 aliphatic carbocycles. The molecule has 6 heteroatoms. The summed E-state index contributed by atoms with van der Waals surface area (Å²) < 4.78 is 36.9. The molecule has 0 radical (unpaired) electrons. The van der Waals surface area contributed by atoms with Crippen molar-refractivity contribution in [2.24, 2.45) is 0 Å². The van der Waals surface area contributed by atoms with Gasteiger partial charge in [-0.3, -0.25) is 0 Å². The molecule has 13 heavy (non-hydrogen) atoms. The van der Waals surface area contributed by atoms with Crippen LogP contribution in [0.15, 0.2) is 6.20 Å². The molecule has 68 valence electrons. The highest BCUT2D eigenvalue weighted by molar-refractivity contribution is 5.44. The number of rotatable bonds is 1. The van der Waals surface area contributed by atoms with Crippen molar-refractivity contribution >= 4 is 0 Å². The smallest absolute Gasteiger partial charge is 0.268 e. The lowest BCUT2D eigenvalue weighted by atomic mass is 10.1. The van der Waals surface area contributed by atoms with E-state index in [4.69, 9.17) is 10.4 Å². The molecule has 0 unspecified atom stereocenters. The highest BCUT2D eigenvalue weighted by atomic mass is 19.3. The van der Waals surface area contributed by atoms with Crippen LogP contribution in [0.25, 0.3) is 0 Å². The van der Waals surface area contributed by atoms with E-state index in [2.05, 4.69) is 4.98 Å². The molecule has 0 aliphatic rings.